The second-order valence-corrected chi connectivity index (χ2v) is 4.07. The van der Waals surface area contributed by atoms with Crippen molar-refractivity contribution < 1.29 is 4.79 Å². The van der Waals surface area contributed by atoms with Crippen LogP contribution >= 0.6 is 0 Å². The van der Waals surface area contributed by atoms with Crippen LogP contribution < -0.4 is 11.5 Å². The number of hydrogen-bond donors (Lipinski definition) is 2. The normalized spacial score (nSPS) is 10.8. The molecule has 0 saturated carbocycles. The molecular formula is C11H16N6O. The highest BCUT2D eigenvalue weighted by Gasteiger charge is 2.16. The first-order valence-corrected chi connectivity index (χ1v) is 5.71. The average molecular weight is 248 g/mol. The minimum atomic E-state index is -0.566. The minimum absolute atomic E-state index is 0.202. The number of amides is 1. The van der Waals surface area contributed by atoms with E-state index < -0.39 is 5.91 Å². The van der Waals surface area contributed by atoms with E-state index in [0.29, 0.717) is 11.5 Å². The van der Waals surface area contributed by atoms with E-state index in [-0.39, 0.29) is 5.69 Å². The largest absolute Gasteiger partial charge is 0.394 e. The molecule has 0 aliphatic carbocycles. The van der Waals surface area contributed by atoms with Crippen molar-refractivity contribution in [2.45, 2.75) is 19.8 Å². The highest BCUT2D eigenvalue weighted by atomic mass is 16.1. The predicted molar refractivity (Wildman–Crippen MR) is 67.3 cm³/mol. The number of aromatic nitrogens is 4. The molecule has 0 spiro atoms. The average Bonchev–Trinajstić information content (AvgIpc) is 2.86. The molecule has 7 heteroatoms. The van der Waals surface area contributed by atoms with Gasteiger partial charge in [0.15, 0.2) is 5.82 Å². The van der Waals surface area contributed by atoms with E-state index >= 15 is 0 Å². The summed E-state index contributed by atoms with van der Waals surface area (Å²) in [6.07, 6.45) is 3.42. The van der Waals surface area contributed by atoms with Crippen LogP contribution in [0.5, 0.6) is 0 Å². The quantitative estimate of drug-likeness (QED) is 0.808. The molecule has 0 bridgehead atoms. The molecular weight excluding hydrogens is 232 g/mol. The van der Waals surface area contributed by atoms with Crippen LogP contribution in [0.3, 0.4) is 0 Å². The summed E-state index contributed by atoms with van der Waals surface area (Å²) in [6.45, 7) is 2.06. The molecule has 0 fully saturated rings. The van der Waals surface area contributed by atoms with Crippen LogP contribution in [0.25, 0.3) is 5.82 Å². The lowest BCUT2D eigenvalue weighted by atomic mass is 10.2. The Hall–Kier alpha value is -2.31. The van der Waals surface area contributed by atoms with Gasteiger partial charge in [0.1, 0.15) is 11.4 Å². The van der Waals surface area contributed by atoms with Gasteiger partial charge in [-0.1, -0.05) is 13.3 Å². The monoisotopic (exact) mass is 248 g/mol. The molecule has 0 saturated heterocycles. The third-order valence-electron chi connectivity index (χ3n) is 2.67. The number of rotatable bonds is 4. The SMILES string of the molecule is CCCc1nn(C)c(-n2ccc(C(N)=O)n2)c1N. The van der Waals surface area contributed by atoms with Crippen LogP contribution in [0, 0.1) is 0 Å². The number of primary amides is 1. The Balaban J connectivity index is 2.46. The van der Waals surface area contributed by atoms with E-state index in [2.05, 4.69) is 17.1 Å². The summed E-state index contributed by atoms with van der Waals surface area (Å²) in [7, 11) is 1.79. The lowest BCUT2D eigenvalue weighted by Crippen LogP contribution is -2.13. The van der Waals surface area contributed by atoms with Crippen LogP contribution in [-0.2, 0) is 13.5 Å². The van der Waals surface area contributed by atoms with Gasteiger partial charge < -0.3 is 11.5 Å². The highest BCUT2D eigenvalue weighted by Crippen LogP contribution is 2.21. The summed E-state index contributed by atoms with van der Waals surface area (Å²) < 4.78 is 3.17. The first-order chi connectivity index (χ1) is 8.54. The van der Waals surface area contributed by atoms with Crippen LogP contribution in [0.1, 0.15) is 29.5 Å². The van der Waals surface area contributed by atoms with Crippen LogP contribution in [0.2, 0.25) is 0 Å². The zero-order valence-electron chi connectivity index (χ0n) is 10.4. The van der Waals surface area contributed by atoms with E-state index in [4.69, 9.17) is 11.5 Å². The zero-order chi connectivity index (χ0) is 13.3. The van der Waals surface area contributed by atoms with Gasteiger partial charge in [0.05, 0.1) is 5.69 Å². The predicted octanol–water partition coefficient (Wildman–Crippen LogP) is 0.239. The van der Waals surface area contributed by atoms with Gasteiger partial charge in [-0.2, -0.15) is 10.2 Å². The molecule has 1 amide bonds. The fourth-order valence-electron chi connectivity index (χ4n) is 1.85. The highest BCUT2D eigenvalue weighted by molar-refractivity contribution is 5.90. The molecule has 96 valence electrons. The molecule has 0 atom stereocenters. The second-order valence-electron chi connectivity index (χ2n) is 4.07. The van der Waals surface area contributed by atoms with Gasteiger partial charge in [0.2, 0.25) is 0 Å². The molecule has 2 rings (SSSR count). The lowest BCUT2D eigenvalue weighted by Gasteiger charge is -2.02. The molecule has 2 aromatic heterocycles. The lowest BCUT2D eigenvalue weighted by molar-refractivity contribution is 0.0995. The first kappa shape index (κ1) is 12.2. The van der Waals surface area contributed by atoms with Crippen molar-refractivity contribution in [3.63, 3.8) is 0 Å². The maximum Gasteiger partial charge on any atom is 0.269 e. The Labute approximate surface area is 104 Å². The number of nitrogens with zero attached hydrogens (tertiary/aromatic N) is 4. The van der Waals surface area contributed by atoms with Gasteiger partial charge in [-0.05, 0) is 12.5 Å². The second kappa shape index (κ2) is 4.52. The van der Waals surface area contributed by atoms with Crippen LogP contribution in [0.15, 0.2) is 12.3 Å². The van der Waals surface area contributed by atoms with Crippen molar-refractivity contribution in [2.24, 2.45) is 12.8 Å². The third-order valence-corrected chi connectivity index (χ3v) is 2.67. The topological polar surface area (TPSA) is 105 Å². The molecule has 0 aliphatic heterocycles. The van der Waals surface area contributed by atoms with Crippen molar-refractivity contribution in [1.82, 2.24) is 19.6 Å². The summed E-state index contributed by atoms with van der Waals surface area (Å²) in [6, 6.07) is 1.55. The van der Waals surface area contributed by atoms with Gasteiger partial charge in [-0.3, -0.25) is 4.79 Å². The van der Waals surface area contributed by atoms with Crippen molar-refractivity contribution in [3.05, 3.63) is 23.7 Å². The third kappa shape index (κ3) is 1.94. The number of hydrogen-bond acceptors (Lipinski definition) is 4. The van der Waals surface area contributed by atoms with E-state index in [1.807, 2.05) is 0 Å². The van der Waals surface area contributed by atoms with Crippen LogP contribution in [-0.4, -0.2) is 25.5 Å². The Morgan fingerprint density at radius 3 is 2.72 bits per heavy atom. The van der Waals surface area contributed by atoms with E-state index in [0.717, 1.165) is 18.5 Å². The summed E-state index contributed by atoms with van der Waals surface area (Å²) in [5, 5.41) is 8.42. The number of anilines is 1. The standard InChI is InChI=1S/C11H16N6O/c1-3-4-7-9(12)11(16(2)14-7)17-6-5-8(15-17)10(13)18/h5-6H,3-4,12H2,1-2H3,(H2,13,18). The Bertz CT molecular complexity index is 582. The number of carbonyl (C=O) groups is 1. The number of aryl methyl sites for hydroxylation is 2. The van der Waals surface area contributed by atoms with Crippen molar-refractivity contribution in [3.8, 4) is 5.82 Å². The molecule has 0 radical (unpaired) electrons. The smallest absolute Gasteiger partial charge is 0.269 e. The van der Waals surface area contributed by atoms with E-state index in [1.54, 1.807) is 24.0 Å². The molecule has 0 aromatic carbocycles. The number of nitrogen functional groups attached to an aromatic ring is 1. The maximum absolute atomic E-state index is 11.0. The minimum Gasteiger partial charge on any atom is -0.394 e. The fraction of sp³-hybridized carbons (Fsp3) is 0.364. The van der Waals surface area contributed by atoms with Crippen molar-refractivity contribution in [2.75, 3.05) is 5.73 Å². The molecule has 18 heavy (non-hydrogen) atoms. The van der Waals surface area contributed by atoms with Gasteiger partial charge in [-0.15, -0.1) is 0 Å². The molecule has 2 heterocycles. The molecule has 4 N–H and O–H groups in total. The Morgan fingerprint density at radius 2 is 2.17 bits per heavy atom. The van der Waals surface area contributed by atoms with E-state index in [9.17, 15) is 4.79 Å². The van der Waals surface area contributed by atoms with Gasteiger partial charge >= 0.3 is 0 Å². The molecule has 2 aromatic rings. The fourth-order valence-corrected chi connectivity index (χ4v) is 1.85. The van der Waals surface area contributed by atoms with Crippen molar-refractivity contribution in [1.29, 1.82) is 0 Å². The van der Waals surface area contributed by atoms with Crippen molar-refractivity contribution >= 4 is 11.6 Å². The summed E-state index contributed by atoms with van der Waals surface area (Å²) >= 11 is 0. The van der Waals surface area contributed by atoms with Gasteiger partial charge in [0.25, 0.3) is 5.91 Å². The first-order valence-electron chi connectivity index (χ1n) is 5.71. The zero-order valence-corrected chi connectivity index (χ0v) is 10.4. The van der Waals surface area contributed by atoms with Crippen LogP contribution in [0.4, 0.5) is 5.69 Å². The maximum atomic E-state index is 11.0. The van der Waals surface area contributed by atoms with Gasteiger partial charge in [-0.25, -0.2) is 9.36 Å². The Kier molecular flexibility index (Phi) is 3.05. The number of carbonyl (C=O) groups excluding carboxylic acids is 1. The Morgan fingerprint density at radius 1 is 1.44 bits per heavy atom. The molecule has 7 nitrogen and oxygen atoms in total. The summed E-state index contributed by atoms with van der Waals surface area (Å²) in [5.41, 5.74) is 12.8. The summed E-state index contributed by atoms with van der Waals surface area (Å²) in [5.74, 6) is 0.0780. The molecule has 0 aliphatic rings. The number of nitrogens with two attached hydrogens (primary N) is 2. The van der Waals surface area contributed by atoms with E-state index in [1.165, 1.54) is 4.68 Å². The summed E-state index contributed by atoms with van der Waals surface area (Å²) in [4.78, 5) is 11.0. The molecule has 0 unspecified atom stereocenters. The van der Waals surface area contributed by atoms with Gasteiger partial charge in [0, 0.05) is 13.2 Å².